The summed E-state index contributed by atoms with van der Waals surface area (Å²) >= 11 is 6.12. The van der Waals surface area contributed by atoms with Crippen molar-refractivity contribution in [2.45, 2.75) is 44.8 Å². The number of hydrogen-bond donors (Lipinski definition) is 2. The summed E-state index contributed by atoms with van der Waals surface area (Å²) in [5.41, 5.74) is 2.26. The van der Waals surface area contributed by atoms with Crippen LogP contribution in [0, 0.1) is 0 Å². The minimum atomic E-state index is 0.366. The summed E-state index contributed by atoms with van der Waals surface area (Å²) in [5.74, 6) is 2.05. The van der Waals surface area contributed by atoms with Gasteiger partial charge >= 0.3 is 0 Å². The van der Waals surface area contributed by atoms with Gasteiger partial charge in [0.1, 0.15) is 5.82 Å². The Morgan fingerprint density at radius 3 is 3.07 bits per heavy atom. The minimum Gasteiger partial charge on any atom is -0.369 e. The lowest BCUT2D eigenvalue weighted by atomic mass is 10.2. The molecule has 0 saturated carbocycles. The van der Waals surface area contributed by atoms with Crippen LogP contribution in [0.5, 0.6) is 0 Å². The third-order valence-corrected chi connectivity index (χ3v) is 5.56. The first-order chi connectivity index (χ1) is 13.2. The molecule has 144 valence electrons. The Kier molecular flexibility index (Phi) is 5.53. The predicted molar refractivity (Wildman–Crippen MR) is 111 cm³/mol. The third-order valence-electron chi connectivity index (χ3n) is 5.32. The van der Waals surface area contributed by atoms with E-state index in [2.05, 4.69) is 37.4 Å². The van der Waals surface area contributed by atoms with Gasteiger partial charge in [-0.25, -0.2) is 4.98 Å². The van der Waals surface area contributed by atoms with E-state index in [-0.39, 0.29) is 0 Å². The summed E-state index contributed by atoms with van der Waals surface area (Å²) in [5, 5.41) is 7.73. The first-order valence-corrected chi connectivity index (χ1v) is 10.1. The molecule has 2 N–H and O–H groups in total. The first kappa shape index (κ1) is 18.2. The van der Waals surface area contributed by atoms with Gasteiger partial charge in [-0.3, -0.25) is 4.99 Å². The maximum Gasteiger partial charge on any atom is 0.191 e. The highest BCUT2D eigenvalue weighted by Crippen LogP contribution is 2.23. The van der Waals surface area contributed by atoms with Crippen LogP contribution in [0.15, 0.2) is 35.5 Å². The van der Waals surface area contributed by atoms with Gasteiger partial charge in [-0.2, -0.15) is 0 Å². The van der Waals surface area contributed by atoms with E-state index in [9.17, 15) is 0 Å². The number of rotatable bonds is 4. The van der Waals surface area contributed by atoms with Crippen LogP contribution in [-0.4, -0.2) is 41.7 Å². The van der Waals surface area contributed by atoms with Gasteiger partial charge in [-0.05, 0) is 37.5 Å². The summed E-state index contributed by atoms with van der Waals surface area (Å²) in [7, 11) is 1.82. The molecule has 0 amide bonds. The van der Waals surface area contributed by atoms with E-state index in [0.717, 1.165) is 49.2 Å². The number of nitrogens with one attached hydrogen (secondary N) is 2. The van der Waals surface area contributed by atoms with Crippen LogP contribution in [0.1, 0.15) is 30.8 Å². The van der Waals surface area contributed by atoms with Gasteiger partial charge in [0, 0.05) is 56.1 Å². The van der Waals surface area contributed by atoms with Gasteiger partial charge in [0.25, 0.3) is 0 Å². The van der Waals surface area contributed by atoms with Gasteiger partial charge in [0.05, 0.1) is 12.2 Å². The van der Waals surface area contributed by atoms with Crippen molar-refractivity contribution in [2.75, 3.05) is 25.0 Å². The van der Waals surface area contributed by atoms with Gasteiger partial charge in [-0.1, -0.05) is 17.7 Å². The fourth-order valence-electron chi connectivity index (χ4n) is 3.90. The molecular formula is C20H27ClN6. The number of anilines is 1. The number of aryl methyl sites for hydroxylation is 2. The Hall–Kier alpha value is -2.21. The van der Waals surface area contributed by atoms with E-state index in [1.807, 2.05) is 25.2 Å². The van der Waals surface area contributed by atoms with Gasteiger partial charge in [0.15, 0.2) is 5.96 Å². The monoisotopic (exact) mass is 386 g/mol. The molecule has 6 nitrogen and oxygen atoms in total. The molecule has 2 aliphatic rings. The second kappa shape index (κ2) is 8.21. The number of benzene rings is 1. The summed E-state index contributed by atoms with van der Waals surface area (Å²) in [6, 6.07) is 8.42. The summed E-state index contributed by atoms with van der Waals surface area (Å²) in [6.45, 7) is 3.75. The molecule has 1 aromatic heterocycles. The lowest BCUT2D eigenvalue weighted by Gasteiger charge is -2.20. The van der Waals surface area contributed by atoms with Crippen molar-refractivity contribution in [1.29, 1.82) is 0 Å². The molecule has 0 spiro atoms. The van der Waals surface area contributed by atoms with Crippen LogP contribution in [0.4, 0.5) is 5.69 Å². The number of nitrogens with zero attached hydrogens (tertiary/aromatic N) is 4. The Balaban J connectivity index is 1.30. The van der Waals surface area contributed by atoms with Crippen molar-refractivity contribution in [3.63, 3.8) is 0 Å². The Bertz CT molecular complexity index is 791. The zero-order valence-electron chi connectivity index (χ0n) is 15.8. The van der Waals surface area contributed by atoms with Crippen molar-refractivity contribution >= 4 is 23.2 Å². The number of imidazole rings is 1. The topological polar surface area (TPSA) is 57.5 Å². The summed E-state index contributed by atoms with van der Waals surface area (Å²) in [4.78, 5) is 11.5. The van der Waals surface area contributed by atoms with Crippen LogP contribution >= 0.6 is 11.6 Å². The molecule has 7 heteroatoms. The molecule has 0 bridgehead atoms. The van der Waals surface area contributed by atoms with Crippen LogP contribution in [-0.2, 0) is 19.5 Å². The number of aromatic nitrogens is 2. The molecule has 2 aliphatic heterocycles. The molecule has 3 heterocycles. The number of halogens is 1. The third kappa shape index (κ3) is 4.38. The van der Waals surface area contributed by atoms with E-state index in [1.165, 1.54) is 24.4 Å². The van der Waals surface area contributed by atoms with Crippen LogP contribution in [0.3, 0.4) is 0 Å². The molecule has 0 radical (unpaired) electrons. The van der Waals surface area contributed by atoms with Crippen molar-refractivity contribution in [3.05, 3.63) is 47.0 Å². The highest BCUT2D eigenvalue weighted by molar-refractivity contribution is 6.30. The Morgan fingerprint density at radius 1 is 1.33 bits per heavy atom. The lowest BCUT2D eigenvalue weighted by Crippen LogP contribution is -2.44. The SMILES string of the molecule is CN=C(NCc1cn2c(n1)CCCC2)NC1CCN(c2cccc(Cl)c2)C1. The van der Waals surface area contributed by atoms with E-state index in [1.54, 1.807) is 0 Å². The molecule has 1 aromatic carbocycles. The van der Waals surface area contributed by atoms with Crippen molar-refractivity contribution in [2.24, 2.45) is 4.99 Å². The smallest absolute Gasteiger partial charge is 0.191 e. The molecule has 1 unspecified atom stereocenters. The van der Waals surface area contributed by atoms with E-state index >= 15 is 0 Å². The largest absolute Gasteiger partial charge is 0.369 e. The summed E-state index contributed by atoms with van der Waals surface area (Å²) < 4.78 is 2.29. The van der Waals surface area contributed by atoms with E-state index < -0.39 is 0 Å². The normalized spacial score (nSPS) is 19.9. The number of guanidine groups is 1. The van der Waals surface area contributed by atoms with Crippen molar-refractivity contribution < 1.29 is 0 Å². The number of fused-ring (bicyclic) bond motifs is 1. The molecular weight excluding hydrogens is 360 g/mol. The predicted octanol–water partition coefficient (Wildman–Crippen LogP) is 2.82. The maximum atomic E-state index is 6.12. The molecule has 0 aliphatic carbocycles. The second-order valence-corrected chi connectivity index (χ2v) is 7.72. The van der Waals surface area contributed by atoms with E-state index in [0.29, 0.717) is 12.6 Å². The number of hydrogen-bond acceptors (Lipinski definition) is 3. The van der Waals surface area contributed by atoms with E-state index in [4.69, 9.17) is 16.6 Å². The summed E-state index contributed by atoms with van der Waals surface area (Å²) in [6.07, 6.45) is 6.84. The van der Waals surface area contributed by atoms with Crippen LogP contribution < -0.4 is 15.5 Å². The lowest BCUT2D eigenvalue weighted by molar-refractivity contribution is 0.522. The molecule has 4 rings (SSSR count). The fraction of sp³-hybridized carbons (Fsp3) is 0.500. The van der Waals surface area contributed by atoms with Gasteiger partial charge < -0.3 is 20.1 Å². The number of aliphatic imine (C=N–C) groups is 1. The fourth-order valence-corrected chi connectivity index (χ4v) is 4.09. The van der Waals surface area contributed by atoms with Crippen molar-refractivity contribution in [3.8, 4) is 0 Å². The quantitative estimate of drug-likeness (QED) is 0.626. The highest BCUT2D eigenvalue weighted by Gasteiger charge is 2.23. The maximum absolute atomic E-state index is 6.12. The second-order valence-electron chi connectivity index (χ2n) is 7.28. The average Bonchev–Trinajstić information content (AvgIpc) is 3.31. The first-order valence-electron chi connectivity index (χ1n) is 9.74. The van der Waals surface area contributed by atoms with Crippen molar-refractivity contribution in [1.82, 2.24) is 20.2 Å². The minimum absolute atomic E-state index is 0.366. The van der Waals surface area contributed by atoms with Gasteiger partial charge in [-0.15, -0.1) is 0 Å². The Morgan fingerprint density at radius 2 is 2.26 bits per heavy atom. The molecule has 1 saturated heterocycles. The Labute approximate surface area is 165 Å². The standard InChI is InChI=1S/C20H27ClN6/c1-22-20(23-12-17-14-27-9-3-2-7-19(27)24-17)25-16-8-10-26(13-16)18-6-4-5-15(21)11-18/h4-6,11,14,16H,2-3,7-10,12-13H2,1H3,(H2,22,23,25). The van der Waals surface area contributed by atoms with Crippen LogP contribution in [0.2, 0.25) is 5.02 Å². The molecule has 2 aromatic rings. The van der Waals surface area contributed by atoms with Crippen LogP contribution in [0.25, 0.3) is 0 Å². The highest BCUT2D eigenvalue weighted by atomic mass is 35.5. The van der Waals surface area contributed by atoms with Gasteiger partial charge in [0.2, 0.25) is 0 Å². The zero-order chi connectivity index (χ0) is 18.6. The molecule has 27 heavy (non-hydrogen) atoms. The average molecular weight is 387 g/mol. The molecule has 1 fully saturated rings. The zero-order valence-corrected chi connectivity index (χ0v) is 16.5. The molecule has 1 atom stereocenters.